The van der Waals surface area contributed by atoms with Crippen molar-refractivity contribution in [2.24, 2.45) is 5.41 Å². The first-order valence-electron chi connectivity index (χ1n) is 6.60. The number of nitrogens with one attached hydrogen (secondary N) is 1. The molecule has 1 fully saturated rings. The van der Waals surface area contributed by atoms with Crippen molar-refractivity contribution in [1.29, 1.82) is 0 Å². The molecule has 5 heteroatoms. The number of aliphatic hydroxyl groups is 2. The van der Waals surface area contributed by atoms with Gasteiger partial charge in [-0.3, -0.25) is 4.79 Å². The number of ether oxygens (including phenoxy) is 1. The maximum absolute atomic E-state index is 12.1. The molecule has 2 aliphatic rings. The second kappa shape index (κ2) is 4.16. The summed E-state index contributed by atoms with van der Waals surface area (Å²) in [4.78, 5) is 15.3. The van der Waals surface area contributed by atoms with Crippen molar-refractivity contribution in [1.82, 2.24) is 4.98 Å². The second-order valence-electron chi connectivity index (χ2n) is 6.37. The van der Waals surface area contributed by atoms with Gasteiger partial charge in [-0.25, -0.2) is 0 Å². The fourth-order valence-corrected chi connectivity index (χ4v) is 3.01. The number of carbonyl (C=O) groups is 1. The van der Waals surface area contributed by atoms with E-state index >= 15 is 0 Å². The summed E-state index contributed by atoms with van der Waals surface area (Å²) in [5.74, 6) is 0.127. The molecule has 0 bridgehead atoms. The topological polar surface area (TPSA) is 82.6 Å². The fraction of sp³-hybridized carbons (Fsp3) is 0.643. The minimum absolute atomic E-state index is 0.0408. The molecule has 1 aromatic heterocycles. The van der Waals surface area contributed by atoms with Crippen LogP contribution in [0.4, 0.5) is 0 Å². The third-order valence-electron chi connectivity index (χ3n) is 3.97. The van der Waals surface area contributed by atoms with E-state index < -0.39 is 18.3 Å². The number of carbonyl (C=O) groups excluding carboxylic acids is 1. The fourth-order valence-electron chi connectivity index (χ4n) is 3.01. The molecule has 3 rings (SSSR count). The van der Waals surface area contributed by atoms with Gasteiger partial charge in [-0.05, 0) is 17.9 Å². The van der Waals surface area contributed by atoms with Crippen LogP contribution in [0.5, 0.6) is 0 Å². The van der Waals surface area contributed by atoms with Crippen LogP contribution in [0.3, 0.4) is 0 Å². The Labute approximate surface area is 111 Å². The lowest BCUT2D eigenvalue weighted by Crippen LogP contribution is -2.26. The van der Waals surface area contributed by atoms with Crippen LogP contribution in [0.25, 0.3) is 0 Å². The lowest BCUT2D eigenvalue weighted by Gasteiger charge is -2.27. The Balaban J connectivity index is 1.93. The molecule has 0 radical (unpaired) electrons. The maximum atomic E-state index is 12.1. The average molecular weight is 265 g/mol. The summed E-state index contributed by atoms with van der Waals surface area (Å²) in [7, 11) is 0. The van der Waals surface area contributed by atoms with E-state index in [4.69, 9.17) is 4.74 Å². The van der Waals surface area contributed by atoms with Crippen LogP contribution in [0.15, 0.2) is 6.07 Å². The number of hydrogen-bond donors (Lipinski definition) is 3. The molecule has 3 atom stereocenters. The highest BCUT2D eigenvalue weighted by molar-refractivity contribution is 5.99. The van der Waals surface area contributed by atoms with Gasteiger partial charge in [0.25, 0.3) is 0 Å². The minimum Gasteiger partial charge on any atom is -0.388 e. The minimum atomic E-state index is -0.941. The van der Waals surface area contributed by atoms with Gasteiger partial charge in [0, 0.05) is 23.4 Å². The van der Waals surface area contributed by atoms with Crippen molar-refractivity contribution >= 4 is 5.78 Å². The monoisotopic (exact) mass is 265 g/mol. The number of fused-ring (bicyclic) bond motifs is 1. The molecule has 0 amide bonds. The Bertz CT molecular complexity index is 520. The number of aromatic nitrogens is 1. The Morgan fingerprint density at radius 2 is 2.11 bits per heavy atom. The van der Waals surface area contributed by atoms with Crippen LogP contribution in [-0.2, 0) is 11.2 Å². The highest BCUT2D eigenvalue weighted by atomic mass is 16.5. The lowest BCUT2D eigenvalue weighted by molar-refractivity contribution is 0.0207. The van der Waals surface area contributed by atoms with Crippen molar-refractivity contribution < 1.29 is 19.7 Å². The van der Waals surface area contributed by atoms with Crippen molar-refractivity contribution in [3.05, 3.63) is 23.0 Å². The zero-order chi connectivity index (χ0) is 13.8. The Morgan fingerprint density at radius 3 is 2.74 bits per heavy atom. The maximum Gasteiger partial charge on any atom is 0.165 e. The summed E-state index contributed by atoms with van der Waals surface area (Å²) in [5.41, 5.74) is 2.25. The summed E-state index contributed by atoms with van der Waals surface area (Å²) in [6.45, 7) is 4.26. The van der Waals surface area contributed by atoms with E-state index in [1.165, 1.54) is 0 Å². The second-order valence-corrected chi connectivity index (χ2v) is 6.37. The molecule has 0 unspecified atom stereocenters. The smallest absolute Gasteiger partial charge is 0.165 e. The molecule has 19 heavy (non-hydrogen) atoms. The molecule has 3 N–H and O–H groups in total. The summed E-state index contributed by atoms with van der Waals surface area (Å²) in [6, 6.07) is 1.76. The van der Waals surface area contributed by atoms with E-state index in [2.05, 4.69) is 18.8 Å². The first-order chi connectivity index (χ1) is 8.87. The third kappa shape index (κ3) is 2.12. The molecule has 0 spiro atoms. The molecule has 2 heterocycles. The quantitative estimate of drug-likeness (QED) is 0.706. The first kappa shape index (κ1) is 12.8. The van der Waals surface area contributed by atoms with Crippen LogP contribution < -0.4 is 0 Å². The number of aliphatic hydroxyl groups excluding tert-OH is 2. The summed E-state index contributed by atoms with van der Waals surface area (Å²) >= 11 is 0. The SMILES string of the molecule is CC1(C)CC(=O)c2cc([C@H]3OC[C@@H](O)[C@@H]3O)[nH]c2C1. The average Bonchev–Trinajstić information content (AvgIpc) is 2.83. The molecule has 5 nitrogen and oxygen atoms in total. The van der Waals surface area contributed by atoms with E-state index in [0.29, 0.717) is 17.7 Å². The number of hydrogen-bond acceptors (Lipinski definition) is 4. The summed E-state index contributed by atoms with van der Waals surface area (Å²) in [5, 5.41) is 19.4. The van der Waals surface area contributed by atoms with Crippen LogP contribution in [0, 0.1) is 5.41 Å². The largest absolute Gasteiger partial charge is 0.388 e. The van der Waals surface area contributed by atoms with Gasteiger partial charge in [0.05, 0.1) is 6.61 Å². The van der Waals surface area contributed by atoms with Crippen molar-refractivity contribution in [3.63, 3.8) is 0 Å². The number of Topliss-reactive ketones (excluding diaryl/α,β-unsaturated/α-hetero) is 1. The van der Waals surface area contributed by atoms with Gasteiger partial charge in [-0.15, -0.1) is 0 Å². The van der Waals surface area contributed by atoms with E-state index in [0.717, 1.165) is 12.1 Å². The van der Waals surface area contributed by atoms with Gasteiger partial charge in [-0.1, -0.05) is 13.8 Å². The molecule has 1 saturated heterocycles. The number of ketones is 1. The van der Waals surface area contributed by atoms with Crippen molar-refractivity contribution in [3.8, 4) is 0 Å². The lowest BCUT2D eigenvalue weighted by atomic mass is 9.76. The van der Waals surface area contributed by atoms with Crippen LogP contribution in [0.2, 0.25) is 0 Å². The molecule has 1 aromatic rings. The molecular weight excluding hydrogens is 246 g/mol. The van der Waals surface area contributed by atoms with E-state index in [1.807, 2.05) is 0 Å². The van der Waals surface area contributed by atoms with Crippen molar-refractivity contribution in [2.45, 2.75) is 45.0 Å². The molecule has 0 aromatic carbocycles. The van der Waals surface area contributed by atoms with Crippen LogP contribution >= 0.6 is 0 Å². The van der Waals surface area contributed by atoms with Crippen LogP contribution in [0.1, 0.15) is 48.1 Å². The number of aromatic amines is 1. The molecule has 104 valence electrons. The zero-order valence-corrected chi connectivity index (χ0v) is 11.1. The summed E-state index contributed by atoms with van der Waals surface area (Å²) < 4.78 is 5.39. The predicted molar refractivity (Wildman–Crippen MR) is 67.9 cm³/mol. The predicted octanol–water partition coefficient (Wildman–Crippen LogP) is 0.963. The zero-order valence-electron chi connectivity index (χ0n) is 11.1. The van der Waals surface area contributed by atoms with Gasteiger partial charge in [0.15, 0.2) is 5.78 Å². The van der Waals surface area contributed by atoms with Gasteiger partial charge in [0.2, 0.25) is 0 Å². The summed E-state index contributed by atoms with van der Waals surface area (Å²) in [6.07, 6.45) is -1.04. The van der Waals surface area contributed by atoms with Gasteiger partial charge >= 0.3 is 0 Å². The van der Waals surface area contributed by atoms with E-state index in [-0.39, 0.29) is 17.8 Å². The standard InChI is InChI=1S/C14H19NO4/c1-14(2)4-9-7(10(16)5-14)3-8(15-9)13-12(18)11(17)6-19-13/h3,11-13,15,17-18H,4-6H2,1-2H3/t11-,12+,13-/m1/s1. The Morgan fingerprint density at radius 1 is 1.37 bits per heavy atom. The highest BCUT2D eigenvalue weighted by Gasteiger charge is 2.39. The molecule has 1 aliphatic heterocycles. The first-order valence-corrected chi connectivity index (χ1v) is 6.60. The van der Waals surface area contributed by atoms with Gasteiger partial charge in [-0.2, -0.15) is 0 Å². The normalized spacial score (nSPS) is 33.5. The van der Waals surface area contributed by atoms with Crippen LogP contribution in [-0.4, -0.2) is 39.8 Å². The number of rotatable bonds is 1. The highest BCUT2D eigenvalue weighted by Crippen LogP contribution is 2.37. The Hall–Kier alpha value is -1.17. The van der Waals surface area contributed by atoms with E-state index in [9.17, 15) is 15.0 Å². The third-order valence-corrected chi connectivity index (χ3v) is 3.97. The van der Waals surface area contributed by atoms with Gasteiger partial charge < -0.3 is 19.9 Å². The van der Waals surface area contributed by atoms with Gasteiger partial charge in [0.1, 0.15) is 18.3 Å². The number of H-pyrrole nitrogens is 1. The Kier molecular flexibility index (Phi) is 2.81. The molecule has 1 aliphatic carbocycles. The van der Waals surface area contributed by atoms with E-state index in [1.54, 1.807) is 6.07 Å². The van der Waals surface area contributed by atoms with Crippen molar-refractivity contribution in [2.75, 3.05) is 6.61 Å². The molecule has 0 saturated carbocycles. The molecular formula is C14H19NO4.